The lowest BCUT2D eigenvalue weighted by Crippen LogP contribution is -2.11. The van der Waals surface area contributed by atoms with Gasteiger partial charge in [0, 0.05) is 12.3 Å². The van der Waals surface area contributed by atoms with E-state index in [1.54, 1.807) is 18.3 Å². The van der Waals surface area contributed by atoms with Crippen LogP contribution in [0.15, 0.2) is 60.8 Å². The molecular weight excluding hydrogens is 390 g/mol. The number of terminal acetylenes is 1. The molecule has 1 atom stereocenters. The molecule has 1 unspecified atom stereocenters. The first-order valence-corrected chi connectivity index (χ1v) is 9.99. The van der Waals surface area contributed by atoms with E-state index < -0.39 is 12.1 Å². The lowest BCUT2D eigenvalue weighted by Gasteiger charge is -2.15. The Balaban J connectivity index is 1.69. The number of hydrogen-bond donors (Lipinski definition) is 1. The molecule has 3 rings (SSSR count). The number of pyridine rings is 1. The normalized spacial score (nSPS) is 11.5. The third-order valence-electron chi connectivity index (χ3n) is 4.94. The van der Waals surface area contributed by atoms with Crippen molar-refractivity contribution in [3.05, 3.63) is 83.0 Å². The van der Waals surface area contributed by atoms with Crippen LogP contribution in [0.25, 0.3) is 11.1 Å². The van der Waals surface area contributed by atoms with Crippen molar-refractivity contribution in [2.24, 2.45) is 0 Å². The zero-order valence-corrected chi connectivity index (χ0v) is 17.7. The number of nitrogens with zero attached hydrogens (tertiary/aromatic N) is 1. The van der Waals surface area contributed by atoms with Crippen molar-refractivity contribution in [2.45, 2.75) is 33.0 Å². The van der Waals surface area contributed by atoms with Gasteiger partial charge in [0.15, 0.2) is 0 Å². The molecule has 0 radical (unpaired) electrons. The summed E-state index contributed by atoms with van der Waals surface area (Å²) in [6.45, 7) is 4.63. The lowest BCUT2D eigenvalue weighted by molar-refractivity contribution is -0.140. The van der Waals surface area contributed by atoms with Crippen LogP contribution in [-0.4, -0.2) is 22.7 Å². The molecule has 0 saturated heterocycles. The molecule has 1 aromatic heterocycles. The highest BCUT2D eigenvalue weighted by Crippen LogP contribution is 2.28. The fourth-order valence-electron chi connectivity index (χ4n) is 3.49. The minimum Gasteiger partial charge on any atom is -0.481 e. The average Bonchev–Trinajstić information content (AvgIpc) is 2.75. The number of carboxylic acid groups (broad SMARTS) is 1. The Morgan fingerprint density at radius 1 is 1.13 bits per heavy atom. The molecule has 5 heteroatoms. The first-order chi connectivity index (χ1) is 15.0. The topological polar surface area (TPSA) is 68.7 Å². The maximum Gasteiger partial charge on any atom is 0.306 e. The minimum atomic E-state index is -0.967. The van der Waals surface area contributed by atoms with Crippen LogP contribution in [0.5, 0.6) is 5.88 Å². The zero-order chi connectivity index (χ0) is 22.2. The molecule has 0 bridgehead atoms. The van der Waals surface area contributed by atoms with Gasteiger partial charge in [-0.3, -0.25) is 4.79 Å². The van der Waals surface area contributed by atoms with Crippen LogP contribution in [0.3, 0.4) is 0 Å². The highest BCUT2D eigenvalue weighted by atomic mass is 16.5. The molecule has 0 aliphatic heterocycles. The Morgan fingerprint density at radius 2 is 1.87 bits per heavy atom. The maximum absolute atomic E-state index is 11.1. The van der Waals surface area contributed by atoms with Crippen LogP contribution in [0.1, 0.15) is 34.8 Å². The number of ether oxygens (including phenoxy) is 2. The summed E-state index contributed by atoms with van der Waals surface area (Å²) in [5.74, 6) is 1.84. The van der Waals surface area contributed by atoms with Gasteiger partial charge < -0.3 is 14.6 Å². The standard InChI is InChI=1S/C26H25NO4/c1-4-13-30-23(15-25(28)29)22-11-12-24(27-16-22)31-17-20-9-6-10-21(14-20)26-18(2)7-5-8-19(26)3/h1,5-12,14,16,23H,13,15,17H2,2-3H3,(H,28,29). The molecule has 2 aromatic carbocycles. The first kappa shape index (κ1) is 22.1. The van der Waals surface area contributed by atoms with Gasteiger partial charge in [0.05, 0.1) is 12.5 Å². The molecule has 5 nitrogen and oxygen atoms in total. The molecule has 0 aliphatic carbocycles. The van der Waals surface area contributed by atoms with Crippen molar-refractivity contribution in [3.63, 3.8) is 0 Å². The predicted molar refractivity (Wildman–Crippen MR) is 120 cm³/mol. The Hall–Kier alpha value is -3.62. The van der Waals surface area contributed by atoms with Crippen LogP contribution < -0.4 is 4.74 Å². The molecule has 0 amide bonds. The van der Waals surface area contributed by atoms with Gasteiger partial charge in [-0.15, -0.1) is 6.42 Å². The number of benzene rings is 2. The number of aliphatic carboxylic acids is 1. The van der Waals surface area contributed by atoms with E-state index in [0.717, 1.165) is 11.1 Å². The van der Waals surface area contributed by atoms with Crippen molar-refractivity contribution in [3.8, 4) is 29.4 Å². The Labute approximate surface area is 182 Å². The largest absolute Gasteiger partial charge is 0.481 e. The fourth-order valence-corrected chi connectivity index (χ4v) is 3.49. The van der Waals surface area contributed by atoms with Crippen molar-refractivity contribution in [1.29, 1.82) is 0 Å². The summed E-state index contributed by atoms with van der Waals surface area (Å²) in [7, 11) is 0. The van der Waals surface area contributed by atoms with Gasteiger partial charge in [0.25, 0.3) is 0 Å². The highest BCUT2D eigenvalue weighted by Gasteiger charge is 2.16. The number of carboxylic acids is 1. The first-order valence-electron chi connectivity index (χ1n) is 9.99. The lowest BCUT2D eigenvalue weighted by atomic mass is 9.95. The van der Waals surface area contributed by atoms with Gasteiger partial charge in [-0.05, 0) is 59.4 Å². The second-order valence-corrected chi connectivity index (χ2v) is 7.29. The van der Waals surface area contributed by atoms with Crippen molar-refractivity contribution in [2.75, 3.05) is 6.61 Å². The zero-order valence-electron chi connectivity index (χ0n) is 17.7. The van der Waals surface area contributed by atoms with E-state index in [1.807, 2.05) is 12.1 Å². The van der Waals surface area contributed by atoms with Gasteiger partial charge in [0.1, 0.15) is 13.2 Å². The van der Waals surface area contributed by atoms with Gasteiger partial charge in [0.2, 0.25) is 5.88 Å². The predicted octanol–water partition coefficient (Wildman–Crippen LogP) is 5.11. The quantitative estimate of drug-likeness (QED) is 0.492. The Bertz CT molecular complexity index is 1060. The number of carbonyl (C=O) groups is 1. The van der Waals surface area contributed by atoms with Gasteiger partial charge >= 0.3 is 5.97 Å². The van der Waals surface area contributed by atoms with E-state index in [1.165, 1.54) is 16.7 Å². The van der Waals surface area contributed by atoms with E-state index in [2.05, 4.69) is 55.1 Å². The molecule has 3 aromatic rings. The maximum atomic E-state index is 11.1. The van der Waals surface area contributed by atoms with Gasteiger partial charge in [-0.2, -0.15) is 0 Å². The molecule has 0 spiro atoms. The summed E-state index contributed by atoms with van der Waals surface area (Å²) in [6.07, 6.45) is 5.94. The number of aryl methyl sites for hydroxylation is 2. The Morgan fingerprint density at radius 3 is 2.52 bits per heavy atom. The molecule has 0 aliphatic rings. The molecule has 0 saturated carbocycles. The monoisotopic (exact) mass is 415 g/mol. The van der Waals surface area contributed by atoms with E-state index in [9.17, 15) is 4.79 Å². The Kier molecular flexibility index (Phi) is 7.42. The third-order valence-corrected chi connectivity index (χ3v) is 4.94. The fraction of sp³-hybridized carbons (Fsp3) is 0.231. The summed E-state index contributed by atoms with van der Waals surface area (Å²) >= 11 is 0. The van der Waals surface area contributed by atoms with Gasteiger partial charge in [-0.25, -0.2) is 4.98 Å². The summed E-state index contributed by atoms with van der Waals surface area (Å²) in [6, 6.07) is 18.0. The molecule has 1 heterocycles. The summed E-state index contributed by atoms with van der Waals surface area (Å²) in [4.78, 5) is 15.4. The third kappa shape index (κ3) is 5.94. The number of rotatable bonds is 9. The van der Waals surface area contributed by atoms with Crippen LogP contribution in [0, 0.1) is 26.2 Å². The minimum absolute atomic E-state index is 0.0346. The summed E-state index contributed by atoms with van der Waals surface area (Å²) < 4.78 is 11.3. The number of hydrogen-bond acceptors (Lipinski definition) is 4. The van der Waals surface area contributed by atoms with Crippen molar-refractivity contribution < 1.29 is 19.4 Å². The van der Waals surface area contributed by atoms with Crippen molar-refractivity contribution in [1.82, 2.24) is 4.98 Å². The molecule has 1 N–H and O–H groups in total. The molecule has 158 valence electrons. The number of aromatic nitrogens is 1. The van der Waals surface area contributed by atoms with Gasteiger partial charge in [-0.1, -0.05) is 42.3 Å². The van der Waals surface area contributed by atoms with Crippen LogP contribution in [0.4, 0.5) is 0 Å². The second kappa shape index (κ2) is 10.4. The second-order valence-electron chi connectivity index (χ2n) is 7.29. The molecule has 31 heavy (non-hydrogen) atoms. The van der Waals surface area contributed by atoms with E-state index >= 15 is 0 Å². The smallest absolute Gasteiger partial charge is 0.306 e. The molecular formula is C26H25NO4. The SMILES string of the molecule is C#CCOC(CC(=O)O)c1ccc(OCc2cccc(-c3c(C)cccc3C)c2)nc1. The molecule has 0 fully saturated rings. The average molecular weight is 415 g/mol. The van der Waals surface area contributed by atoms with Crippen molar-refractivity contribution >= 4 is 5.97 Å². The van der Waals surface area contributed by atoms with Crippen LogP contribution >= 0.6 is 0 Å². The van der Waals surface area contributed by atoms with Crippen LogP contribution in [-0.2, 0) is 16.1 Å². The summed E-state index contributed by atoms with van der Waals surface area (Å²) in [5, 5.41) is 9.07. The van der Waals surface area contributed by atoms with E-state index in [4.69, 9.17) is 21.0 Å². The van der Waals surface area contributed by atoms with E-state index in [0.29, 0.717) is 18.1 Å². The van der Waals surface area contributed by atoms with Crippen LogP contribution in [0.2, 0.25) is 0 Å². The highest BCUT2D eigenvalue weighted by molar-refractivity contribution is 5.71. The van der Waals surface area contributed by atoms with E-state index in [-0.39, 0.29) is 13.0 Å². The summed E-state index contributed by atoms with van der Waals surface area (Å²) in [5.41, 5.74) is 6.54.